The monoisotopic (exact) mass is 935 g/mol. The number of fused-ring (bicyclic) bond motifs is 9. The van der Waals surface area contributed by atoms with Gasteiger partial charge in [-0.15, -0.1) is 5.92 Å². The molecular formula is C58H82N2O8. The highest BCUT2D eigenvalue weighted by atomic mass is 16.5. The van der Waals surface area contributed by atoms with E-state index < -0.39 is 17.7 Å². The molecular weight excluding hydrogens is 853 g/mol. The molecule has 1 aromatic carbocycles. The Balaban J connectivity index is 0.873. The number of nitrogens with two attached hydrogens (primary N) is 1. The zero-order chi connectivity index (χ0) is 48.3. The molecule has 0 radical (unpaired) electrons. The van der Waals surface area contributed by atoms with Crippen LogP contribution in [0.1, 0.15) is 162 Å². The van der Waals surface area contributed by atoms with Crippen molar-refractivity contribution in [2.45, 2.75) is 180 Å². The summed E-state index contributed by atoms with van der Waals surface area (Å²) in [6.07, 6.45) is 15.2. The van der Waals surface area contributed by atoms with Gasteiger partial charge in [-0.25, -0.2) is 0 Å². The first-order valence-electron chi connectivity index (χ1n) is 26.8. The van der Waals surface area contributed by atoms with Crippen LogP contribution in [-0.2, 0) is 23.9 Å². The molecule has 0 amide bonds. The molecule has 1 aromatic rings. The van der Waals surface area contributed by atoms with E-state index in [0.717, 1.165) is 82.9 Å². The number of carbonyl (C=O) groups excluding carboxylic acids is 2. The van der Waals surface area contributed by atoms with Crippen molar-refractivity contribution in [3.8, 4) is 11.8 Å². The van der Waals surface area contributed by atoms with Crippen LogP contribution in [0.15, 0.2) is 47.1 Å². The minimum absolute atomic E-state index is 0.00421. The molecule has 0 heterocycles. The molecule has 0 aliphatic heterocycles. The number of carboxylic acids is 1. The Bertz CT molecular complexity index is 2210. The number of aliphatic carboxylic acids is 1. The maximum atomic E-state index is 13.4. The normalized spacial score (nSPS) is 40.8. The Morgan fingerprint density at radius 1 is 0.956 bits per heavy atom. The number of rotatable bonds is 14. The number of esters is 1. The van der Waals surface area contributed by atoms with Crippen LogP contribution in [0.25, 0.3) is 0 Å². The summed E-state index contributed by atoms with van der Waals surface area (Å²) in [7, 11) is 2.13. The van der Waals surface area contributed by atoms with E-state index >= 15 is 0 Å². The number of carboxylic acid groups (broad SMARTS) is 1. The van der Waals surface area contributed by atoms with Gasteiger partial charge in [-0.2, -0.15) is 0 Å². The third-order valence-corrected chi connectivity index (χ3v) is 20.9. The van der Waals surface area contributed by atoms with Gasteiger partial charge in [0.05, 0.1) is 18.8 Å². The van der Waals surface area contributed by atoms with E-state index in [1.165, 1.54) is 22.3 Å². The first-order valence-corrected chi connectivity index (χ1v) is 26.8. The Hall–Kier alpha value is -3.49. The fraction of sp³-hybridized carbons (Fsp3) is 0.741. The molecule has 5 N–H and O–H groups in total. The van der Waals surface area contributed by atoms with Crippen molar-refractivity contribution in [2.75, 3.05) is 31.6 Å². The van der Waals surface area contributed by atoms with Crippen LogP contribution in [0.2, 0.25) is 0 Å². The third kappa shape index (κ3) is 8.53. The lowest BCUT2D eigenvalue weighted by Crippen LogP contribution is -2.63. The van der Waals surface area contributed by atoms with Crippen molar-refractivity contribution in [3.05, 3.63) is 52.6 Å². The number of allylic oxidation sites excluding steroid dienone is 4. The van der Waals surface area contributed by atoms with Gasteiger partial charge in [0.15, 0.2) is 5.78 Å². The number of likely N-dealkylation sites (N-methyl/N-ethyl adjacent to an activating group) is 1. The van der Waals surface area contributed by atoms with E-state index in [9.17, 15) is 29.7 Å². The number of benzene rings is 1. The molecule has 68 heavy (non-hydrogen) atoms. The average molecular weight is 935 g/mol. The second-order valence-corrected chi connectivity index (χ2v) is 23.9. The van der Waals surface area contributed by atoms with E-state index in [2.05, 4.69) is 75.7 Å². The summed E-state index contributed by atoms with van der Waals surface area (Å²) in [5, 5.41) is 33.9. The Kier molecular flexibility index (Phi) is 14.0. The van der Waals surface area contributed by atoms with Crippen molar-refractivity contribution >= 4 is 23.4 Å². The zero-order valence-electron chi connectivity index (χ0n) is 42.1. The van der Waals surface area contributed by atoms with Crippen molar-refractivity contribution in [3.63, 3.8) is 0 Å². The van der Waals surface area contributed by atoms with Gasteiger partial charge in [-0.1, -0.05) is 51.3 Å². The summed E-state index contributed by atoms with van der Waals surface area (Å²) in [5.41, 5.74) is 10.7. The van der Waals surface area contributed by atoms with Crippen LogP contribution in [0.3, 0.4) is 0 Å². The number of aliphatic hydroxyl groups is 2. The second kappa shape index (κ2) is 19.3. The average Bonchev–Trinajstić information content (AvgIpc) is 3.81. The molecule has 6 fully saturated rings. The number of anilines is 1. The highest BCUT2D eigenvalue weighted by Gasteiger charge is 2.67. The first-order chi connectivity index (χ1) is 32.4. The molecule has 9 rings (SSSR count). The summed E-state index contributed by atoms with van der Waals surface area (Å²) in [6.45, 7) is 12.8. The molecule has 16 atom stereocenters. The molecule has 8 aliphatic rings. The summed E-state index contributed by atoms with van der Waals surface area (Å²) in [4.78, 5) is 39.8. The molecule has 10 heteroatoms. The number of hydrogen-bond donors (Lipinski definition) is 4. The van der Waals surface area contributed by atoms with Gasteiger partial charge >= 0.3 is 11.9 Å². The molecule has 0 bridgehead atoms. The lowest BCUT2D eigenvalue weighted by atomic mass is 9.43. The maximum absolute atomic E-state index is 13.4. The Labute approximate surface area is 406 Å². The van der Waals surface area contributed by atoms with E-state index in [1.807, 2.05) is 13.0 Å². The number of aliphatic hydroxyl groups excluding tert-OH is 1. The largest absolute Gasteiger partial charge is 0.481 e. The number of nitrogens with zero attached hydrogens (tertiary/aromatic N) is 1. The van der Waals surface area contributed by atoms with E-state index in [4.69, 9.17) is 15.2 Å². The van der Waals surface area contributed by atoms with Crippen LogP contribution in [0, 0.1) is 75.4 Å². The Morgan fingerprint density at radius 2 is 1.74 bits per heavy atom. The number of ketones is 1. The topological polar surface area (TPSA) is 160 Å². The number of ether oxygens (including phenoxy) is 2. The third-order valence-electron chi connectivity index (χ3n) is 20.9. The quantitative estimate of drug-likeness (QED) is 0.105. The molecule has 0 saturated heterocycles. The molecule has 10 nitrogen and oxygen atoms in total. The SMILES string of the molecule is CC#C[C@@]1(O)CC[C@H]2[C@@H]3CCC4=CC(=O)CCC4=C3[C@@H](c3ccc(N(C)CCO[C@H]4CC[C@@]5(C)[C@@H](C4)C[C@@H](OC(=O)CCCN)[C@@H]4[C@@H]5C[C@H](O)[C@]5(C)[C@@H]([C@H](C)CCC(=O)O)CC[C@@H]45)cc3)C[C@@]21C. The van der Waals surface area contributed by atoms with E-state index in [1.54, 1.807) is 0 Å². The summed E-state index contributed by atoms with van der Waals surface area (Å²) >= 11 is 0. The van der Waals surface area contributed by atoms with Crippen LogP contribution in [-0.4, -0.2) is 83.7 Å². The second-order valence-electron chi connectivity index (χ2n) is 23.9. The summed E-state index contributed by atoms with van der Waals surface area (Å²) < 4.78 is 13.3. The maximum Gasteiger partial charge on any atom is 0.306 e. The minimum Gasteiger partial charge on any atom is -0.481 e. The van der Waals surface area contributed by atoms with Crippen LogP contribution in [0.5, 0.6) is 0 Å². The minimum atomic E-state index is -0.999. The molecule has 8 aliphatic carbocycles. The van der Waals surface area contributed by atoms with Crippen molar-refractivity contribution in [1.29, 1.82) is 0 Å². The molecule has 0 aromatic heterocycles. The smallest absolute Gasteiger partial charge is 0.306 e. The van der Waals surface area contributed by atoms with Gasteiger partial charge in [0, 0.05) is 55.8 Å². The van der Waals surface area contributed by atoms with Crippen molar-refractivity contribution in [1.82, 2.24) is 0 Å². The predicted octanol–water partition coefficient (Wildman–Crippen LogP) is 9.55. The van der Waals surface area contributed by atoms with Gasteiger partial charge in [0.1, 0.15) is 11.7 Å². The molecule has 372 valence electrons. The zero-order valence-corrected chi connectivity index (χ0v) is 42.1. The fourth-order valence-electron chi connectivity index (χ4n) is 17.2. The van der Waals surface area contributed by atoms with Gasteiger partial charge in [0.25, 0.3) is 0 Å². The molecule has 6 saturated carbocycles. The van der Waals surface area contributed by atoms with E-state index in [0.29, 0.717) is 69.4 Å². The lowest BCUT2D eigenvalue weighted by Gasteiger charge is -2.64. The number of hydrogen-bond acceptors (Lipinski definition) is 9. The first kappa shape index (κ1) is 49.5. The van der Waals surface area contributed by atoms with Crippen molar-refractivity contribution in [2.24, 2.45) is 69.3 Å². The Morgan fingerprint density at radius 3 is 2.47 bits per heavy atom. The van der Waals surface area contributed by atoms with Gasteiger partial charge < -0.3 is 35.4 Å². The van der Waals surface area contributed by atoms with E-state index in [-0.39, 0.29) is 82.1 Å². The lowest BCUT2D eigenvalue weighted by molar-refractivity contribution is -0.218. The fourth-order valence-corrected chi connectivity index (χ4v) is 17.2. The van der Waals surface area contributed by atoms with Crippen LogP contribution >= 0.6 is 0 Å². The van der Waals surface area contributed by atoms with Gasteiger partial charge in [-0.3, -0.25) is 14.4 Å². The van der Waals surface area contributed by atoms with Crippen molar-refractivity contribution < 1.29 is 39.2 Å². The number of carbonyl (C=O) groups is 3. The van der Waals surface area contributed by atoms with Gasteiger partial charge in [0.2, 0.25) is 0 Å². The van der Waals surface area contributed by atoms with Gasteiger partial charge in [-0.05, 0) is 197 Å². The van der Waals surface area contributed by atoms with Crippen LogP contribution in [0.4, 0.5) is 5.69 Å². The predicted molar refractivity (Wildman–Crippen MR) is 264 cm³/mol. The molecule has 0 spiro atoms. The standard InChI is InChI=1S/C58H82N2O8/c1-7-24-58(66)26-23-46-43-17-13-37-30-40(61)16-18-42(37)53(43)44(34-56(46,58)4)36-11-14-39(15-12-36)60(6)28-29-67-41-22-25-55(3)38(31-41)32-49(68-52(65)9-8-27-59)54-47-20-19-45(35(2)10-21-51(63)64)57(47,5)50(62)33-48(54)55/h11-12,14-15,30,35,38,41,43-50,54,62,66H,8-10,13,16-23,25-29,31-34,59H2,1-6H3,(H,63,64)/t35-,38+,41+,43+,44-,45-,46+,47+,48+,49-,50+,54+,55+,56+,57-,58-/m1/s1. The highest BCUT2D eigenvalue weighted by molar-refractivity contribution is 5.93. The summed E-state index contributed by atoms with van der Waals surface area (Å²) in [5.74, 6) is 7.91. The van der Waals surface area contributed by atoms with Crippen LogP contribution < -0.4 is 10.6 Å². The highest BCUT2D eigenvalue weighted by Crippen LogP contribution is 2.70. The summed E-state index contributed by atoms with van der Waals surface area (Å²) in [6, 6.07) is 9.08. The molecule has 0 unspecified atom stereocenters.